The van der Waals surface area contributed by atoms with Gasteiger partial charge in [0.15, 0.2) is 0 Å². The van der Waals surface area contributed by atoms with Crippen molar-refractivity contribution in [2.24, 2.45) is 5.73 Å². The average molecular weight is 314 g/mol. The summed E-state index contributed by atoms with van der Waals surface area (Å²) in [5.41, 5.74) is 5.51. The van der Waals surface area contributed by atoms with Gasteiger partial charge in [-0.3, -0.25) is 14.9 Å². The molecule has 7 nitrogen and oxygen atoms in total. The molecule has 0 aromatic heterocycles. The quantitative estimate of drug-likeness (QED) is 0.672. The summed E-state index contributed by atoms with van der Waals surface area (Å²) in [7, 11) is 0. The van der Waals surface area contributed by atoms with Crippen molar-refractivity contribution in [2.75, 3.05) is 19.7 Å². The summed E-state index contributed by atoms with van der Waals surface area (Å²) in [6, 6.07) is 3.72. The highest BCUT2D eigenvalue weighted by atomic mass is 35.5. The first-order valence-corrected chi connectivity index (χ1v) is 6.88. The summed E-state index contributed by atoms with van der Waals surface area (Å²) >= 11 is 5.85. The lowest BCUT2D eigenvalue weighted by Crippen LogP contribution is -2.51. The second-order valence-electron chi connectivity index (χ2n) is 4.94. The van der Waals surface area contributed by atoms with Gasteiger partial charge in [-0.15, -0.1) is 0 Å². The van der Waals surface area contributed by atoms with Crippen molar-refractivity contribution in [2.45, 2.75) is 19.1 Å². The average Bonchev–Trinajstić information content (AvgIpc) is 2.46. The molecule has 1 amide bonds. The minimum Gasteiger partial charge on any atom is -0.373 e. The predicted octanol–water partition coefficient (Wildman–Crippen LogP) is 1.44. The monoisotopic (exact) mass is 313 g/mol. The number of halogens is 1. The highest BCUT2D eigenvalue weighted by Gasteiger charge is 2.30. The van der Waals surface area contributed by atoms with Crippen LogP contribution >= 0.6 is 11.6 Å². The zero-order valence-electron chi connectivity index (χ0n) is 11.5. The molecule has 0 radical (unpaired) electrons. The second kappa shape index (κ2) is 6.38. The standard InChI is InChI=1S/C13H16ClN3O4/c1-8(15)12-7-16(4-5-21-12)13(18)10-6-9(14)2-3-11(10)17(19)20/h2-3,6,8,12H,4-5,7,15H2,1H3. The number of amides is 1. The summed E-state index contributed by atoms with van der Waals surface area (Å²) in [5, 5.41) is 11.3. The molecule has 1 heterocycles. The molecule has 2 N–H and O–H groups in total. The van der Waals surface area contributed by atoms with Crippen LogP contribution in [0.4, 0.5) is 5.69 Å². The molecule has 0 bridgehead atoms. The van der Waals surface area contributed by atoms with Crippen molar-refractivity contribution in [1.29, 1.82) is 0 Å². The molecule has 0 aliphatic carbocycles. The van der Waals surface area contributed by atoms with Crippen LogP contribution in [0, 0.1) is 10.1 Å². The van der Waals surface area contributed by atoms with Crippen LogP contribution < -0.4 is 5.73 Å². The number of morpholine rings is 1. The van der Waals surface area contributed by atoms with Gasteiger partial charge in [-0.2, -0.15) is 0 Å². The Labute approximate surface area is 126 Å². The molecule has 2 unspecified atom stereocenters. The van der Waals surface area contributed by atoms with Crippen molar-refractivity contribution in [3.8, 4) is 0 Å². The number of rotatable bonds is 3. The fraction of sp³-hybridized carbons (Fsp3) is 0.462. The first kappa shape index (κ1) is 15.7. The Balaban J connectivity index is 2.27. The SMILES string of the molecule is CC(N)C1CN(C(=O)c2cc(Cl)ccc2[N+](=O)[O-])CCO1. The molecule has 0 saturated carbocycles. The van der Waals surface area contributed by atoms with Crippen LogP contribution in [0.15, 0.2) is 18.2 Å². The van der Waals surface area contributed by atoms with Crippen molar-refractivity contribution in [3.05, 3.63) is 38.9 Å². The predicted molar refractivity (Wildman–Crippen MR) is 77.4 cm³/mol. The van der Waals surface area contributed by atoms with Gasteiger partial charge in [0, 0.05) is 30.2 Å². The Kier molecular flexibility index (Phi) is 4.76. The summed E-state index contributed by atoms with van der Waals surface area (Å²) in [6.45, 7) is 2.82. The Morgan fingerprint density at radius 2 is 2.33 bits per heavy atom. The van der Waals surface area contributed by atoms with Crippen molar-refractivity contribution >= 4 is 23.2 Å². The highest BCUT2D eigenvalue weighted by Crippen LogP contribution is 2.25. The maximum atomic E-state index is 12.5. The maximum Gasteiger partial charge on any atom is 0.282 e. The normalized spacial score (nSPS) is 20.1. The van der Waals surface area contributed by atoms with Crippen molar-refractivity contribution < 1.29 is 14.5 Å². The number of hydrogen-bond acceptors (Lipinski definition) is 5. The maximum absolute atomic E-state index is 12.5. The van der Waals surface area contributed by atoms with E-state index in [1.807, 2.05) is 0 Å². The second-order valence-corrected chi connectivity index (χ2v) is 5.37. The Morgan fingerprint density at radius 1 is 1.62 bits per heavy atom. The molecular weight excluding hydrogens is 298 g/mol. The Morgan fingerprint density at radius 3 is 2.95 bits per heavy atom. The first-order chi connectivity index (χ1) is 9.90. The van der Waals surface area contributed by atoms with Gasteiger partial charge in [-0.05, 0) is 19.1 Å². The van der Waals surface area contributed by atoms with E-state index in [1.165, 1.54) is 23.1 Å². The van der Waals surface area contributed by atoms with E-state index in [1.54, 1.807) is 6.92 Å². The molecular formula is C13H16ClN3O4. The largest absolute Gasteiger partial charge is 0.373 e. The number of carbonyl (C=O) groups excluding carboxylic acids is 1. The number of nitrogens with two attached hydrogens (primary N) is 1. The highest BCUT2D eigenvalue weighted by molar-refractivity contribution is 6.31. The number of nitro groups is 1. The van der Waals surface area contributed by atoms with E-state index >= 15 is 0 Å². The van der Waals surface area contributed by atoms with E-state index in [9.17, 15) is 14.9 Å². The Hall–Kier alpha value is -1.70. The molecule has 8 heteroatoms. The van der Waals surface area contributed by atoms with E-state index < -0.39 is 10.8 Å². The molecule has 0 spiro atoms. The van der Waals surface area contributed by atoms with Gasteiger partial charge in [-0.25, -0.2) is 0 Å². The molecule has 1 saturated heterocycles. The lowest BCUT2D eigenvalue weighted by atomic mass is 10.1. The third-order valence-electron chi connectivity index (χ3n) is 3.35. The van der Waals surface area contributed by atoms with Crippen LogP contribution in [0.2, 0.25) is 5.02 Å². The van der Waals surface area contributed by atoms with Crippen LogP contribution in [0.3, 0.4) is 0 Å². The summed E-state index contributed by atoms with van der Waals surface area (Å²) in [4.78, 5) is 24.5. The molecule has 1 aliphatic heterocycles. The molecule has 1 aromatic carbocycles. The van der Waals surface area contributed by atoms with Gasteiger partial charge in [0.05, 0.1) is 17.6 Å². The molecule has 1 aromatic rings. The Bertz CT molecular complexity index is 564. The minimum absolute atomic E-state index is 0.0159. The van der Waals surface area contributed by atoms with Crippen molar-refractivity contribution in [1.82, 2.24) is 4.90 Å². The third-order valence-corrected chi connectivity index (χ3v) is 3.59. The van der Waals surface area contributed by atoms with Gasteiger partial charge < -0.3 is 15.4 Å². The topological polar surface area (TPSA) is 98.7 Å². The lowest BCUT2D eigenvalue weighted by molar-refractivity contribution is -0.385. The summed E-state index contributed by atoms with van der Waals surface area (Å²) < 4.78 is 5.48. The molecule has 2 rings (SSSR count). The number of carbonyl (C=O) groups is 1. The smallest absolute Gasteiger partial charge is 0.282 e. The lowest BCUT2D eigenvalue weighted by Gasteiger charge is -2.34. The first-order valence-electron chi connectivity index (χ1n) is 6.50. The fourth-order valence-electron chi connectivity index (χ4n) is 2.19. The molecule has 2 atom stereocenters. The zero-order valence-corrected chi connectivity index (χ0v) is 12.2. The van der Waals surface area contributed by atoms with E-state index in [4.69, 9.17) is 22.1 Å². The molecule has 21 heavy (non-hydrogen) atoms. The summed E-state index contributed by atoms with van der Waals surface area (Å²) in [6.07, 6.45) is -0.277. The van der Waals surface area contributed by atoms with Gasteiger partial charge >= 0.3 is 0 Å². The number of nitrogens with zero attached hydrogens (tertiary/aromatic N) is 2. The van der Waals surface area contributed by atoms with Crippen LogP contribution in [0.5, 0.6) is 0 Å². The zero-order chi connectivity index (χ0) is 15.6. The third kappa shape index (κ3) is 3.49. The fourth-order valence-corrected chi connectivity index (χ4v) is 2.36. The molecule has 114 valence electrons. The number of nitro benzene ring substituents is 1. The summed E-state index contributed by atoms with van der Waals surface area (Å²) in [5.74, 6) is -0.432. The van der Waals surface area contributed by atoms with Crippen LogP contribution in [-0.2, 0) is 4.74 Å². The van der Waals surface area contributed by atoms with Gasteiger partial charge in [0.1, 0.15) is 5.56 Å². The van der Waals surface area contributed by atoms with Crippen LogP contribution in [0.25, 0.3) is 0 Å². The number of hydrogen-bond donors (Lipinski definition) is 1. The van der Waals surface area contributed by atoms with Crippen LogP contribution in [0.1, 0.15) is 17.3 Å². The van der Waals surface area contributed by atoms with E-state index in [0.717, 1.165) is 0 Å². The van der Waals surface area contributed by atoms with Gasteiger partial charge in [0.2, 0.25) is 0 Å². The van der Waals surface area contributed by atoms with E-state index in [0.29, 0.717) is 19.7 Å². The number of ether oxygens (including phenoxy) is 1. The van der Waals surface area contributed by atoms with Gasteiger partial charge in [-0.1, -0.05) is 11.6 Å². The molecule has 1 fully saturated rings. The van der Waals surface area contributed by atoms with E-state index in [2.05, 4.69) is 0 Å². The minimum atomic E-state index is -0.590. The molecule has 1 aliphatic rings. The van der Waals surface area contributed by atoms with Crippen LogP contribution in [-0.4, -0.2) is 47.6 Å². The van der Waals surface area contributed by atoms with Crippen molar-refractivity contribution in [3.63, 3.8) is 0 Å². The van der Waals surface area contributed by atoms with E-state index in [-0.39, 0.29) is 28.4 Å². The number of benzene rings is 1. The van der Waals surface area contributed by atoms with Gasteiger partial charge in [0.25, 0.3) is 11.6 Å².